The molecule has 1 heterocycles. The highest BCUT2D eigenvalue weighted by Gasteiger charge is 2.37. The van der Waals surface area contributed by atoms with Crippen molar-refractivity contribution < 1.29 is 29.0 Å². The van der Waals surface area contributed by atoms with Crippen molar-refractivity contribution in [2.45, 2.75) is 57.8 Å². The van der Waals surface area contributed by atoms with Crippen molar-refractivity contribution in [2.24, 2.45) is 0 Å². The summed E-state index contributed by atoms with van der Waals surface area (Å²) >= 11 is 0. The van der Waals surface area contributed by atoms with Gasteiger partial charge in [0.25, 0.3) is 0 Å². The fraction of sp³-hybridized carbons (Fsp3) is 0.400. The molecule has 33 heavy (non-hydrogen) atoms. The first-order chi connectivity index (χ1) is 15.6. The summed E-state index contributed by atoms with van der Waals surface area (Å²) in [4.78, 5) is 39.0. The number of hydrogen-bond donors (Lipinski definition) is 2. The second-order valence-electron chi connectivity index (χ2n) is 9.04. The van der Waals surface area contributed by atoms with Crippen LogP contribution in [0, 0.1) is 0 Å². The van der Waals surface area contributed by atoms with Crippen molar-refractivity contribution in [3.63, 3.8) is 0 Å². The molecule has 1 aliphatic rings. The Kier molecular flexibility index (Phi) is 7.26. The van der Waals surface area contributed by atoms with Gasteiger partial charge < -0.3 is 19.9 Å². The molecular formula is C25H30N2O6. The Bertz CT molecular complexity index is 1010. The van der Waals surface area contributed by atoms with Crippen molar-refractivity contribution in [1.82, 2.24) is 10.2 Å². The van der Waals surface area contributed by atoms with Gasteiger partial charge in [0.05, 0.1) is 19.6 Å². The fourth-order valence-electron chi connectivity index (χ4n) is 3.82. The van der Waals surface area contributed by atoms with E-state index in [1.807, 2.05) is 24.3 Å². The summed E-state index contributed by atoms with van der Waals surface area (Å²) in [5, 5.41) is 12.3. The Hall–Kier alpha value is -3.55. The molecule has 0 saturated heterocycles. The number of benzene rings is 2. The number of aliphatic carboxylic acids is 1. The zero-order chi connectivity index (χ0) is 24.2. The summed E-state index contributed by atoms with van der Waals surface area (Å²) in [6.45, 7) is 5.68. The maximum Gasteiger partial charge on any atom is 0.411 e. The summed E-state index contributed by atoms with van der Waals surface area (Å²) in [5.74, 6) is -0.919. The van der Waals surface area contributed by atoms with Crippen LogP contribution >= 0.6 is 0 Å². The molecule has 176 valence electrons. The largest absolute Gasteiger partial charge is 0.497 e. The van der Waals surface area contributed by atoms with Crippen LogP contribution in [0.3, 0.4) is 0 Å². The molecule has 2 atom stereocenters. The van der Waals surface area contributed by atoms with Gasteiger partial charge in [0.1, 0.15) is 17.4 Å². The minimum Gasteiger partial charge on any atom is -0.497 e. The van der Waals surface area contributed by atoms with Gasteiger partial charge in [-0.25, -0.2) is 9.59 Å². The molecule has 0 radical (unpaired) electrons. The molecule has 0 spiro atoms. The number of amides is 2. The maximum absolute atomic E-state index is 12.9. The number of carboxylic acids is 1. The SMILES string of the molecule is COc1ccc(CC(NC(=O)CC2c3ccccc3CN2C(=O)OC(C)(C)C)C(=O)O)cc1. The van der Waals surface area contributed by atoms with Crippen molar-refractivity contribution in [1.29, 1.82) is 0 Å². The zero-order valence-corrected chi connectivity index (χ0v) is 19.3. The quantitative estimate of drug-likeness (QED) is 0.661. The molecule has 2 aromatic carbocycles. The lowest BCUT2D eigenvalue weighted by Gasteiger charge is -2.29. The first-order valence-electron chi connectivity index (χ1n) is 10.8. The van der Waals surface area contributed by atoms with Gasteiger partial charge in [-0.05, 0) is 49.6 Å². The Morgan fingerprint density at radius 2 is 1.79 bits per heavy atom. The van der Waals surface area contributed by atoms with Gasteiger partial charge in [-0.3, -0.25) is 9.69 Å². The monoisotopic (exact) mass is 454 g/mol. The van der Waals surface area contributed by atoms with Crippen LogP contribution in [0.1, 0.15) is 49.9 Å². The zero-order valence-electron chi connectivity index (χ0n) is 19.3. The van der Waals surface area contributed by atoms with Gasteiger partial charge in [0.2, 0.25) is 5.91 Å². The standard InChI is InChI=1S/C25H30N2O6/c1-25(2,3)33-24(31)27-15-17-7-5-6-8-19(17)21(27)14-22(28)26-20(23(29)30)13-16-9-11-18(32-4)12-10-16/h5-12,20-21H,13-15H2,1-4H3,(H,26,28)(H,29,30). The molecule has 2 unspecified atom stereocenters. The number of ether oxygens (including phenoxy) is 2. The van der Waals surface area contributed by atoms with Crippen LogP contribution in [-0.4, -0.2) is 46.7 Å². The van der Waals surface area contributed by atoms with E-state index in [-0.39, 0.29) is 12.8 Å². The molecule has 3 rings (SSSR count). The van der Waals surface area contributed by atoms with Crippen LogP contribution in [-0.2, 0) is 27.3 Å². The molecular weight excluding hydrogens is 424 g/mol. The third kappa shape index (κ3) is 6.25. The third-order valence-corrected chi connectivity index (χ3v) is 5.37. The number of nitrogens with zero attached hydrogens (tertiary/aromatic N) is 1. The lowest BCUT2D eigenvalue weighted by molar-refractivity contribution is -0.142. The van der Waals surface area contributed by atoms with Crippen LogP contribution in [0.5, 0.6) is 5.75 Å². The average Bonchev–Trinajstić information content (AvgIpc) is 3.11. The van der Waals surface area contributed by atoms with E-state index in [9.17, 15) is 19.5 Å². The van der Waals surface area contributed by atoms with E-state index >= 15 is 0 Å². The molecule has 8 heteroatoms. The smallest absolute Gasteiger partial charge is 0.411 e. The Morgan fingerprint density at radius 3 is 2.39 bits per heavy atom. The van der Waals surface area contributed by atoms with E-state index in [1.54, 1.807) is 52.1 Å². The molecule has 8 nitrogen and oxygen atoms in total. The normalized spacial score (nSPS) is 16.0. The second kappa shape index (κ2) is 9.94. The van der Waals surface area contributed by atoms with Crippen LogP contribution in [0.2, 0.25) is 0 Å². The number of hydrogen-bond acceptors (Lipinski definition) is 5. The molecule has 0 fully saturated rings. The van der Waals surface area contributed by atoms with Crippen molar-refractivity contribution in [3.8, 4) is 5.75 Å². The van der Waals surface area contributed by atoms with Crippen LogP contribution in [0.15, 0.2) is 48.5 Å². The third-order valence-electron chi connectivity index (χ3n) is 5.37. The van der Waals surface area contributed by atoms with E-state index in [2.05, 4.69) is 5.32 Å². The lowest BCUT2D eigenvalue weighted by Crippen LogP contribution is -2.44. The first-order valence-corrected chi connectivity index (χ1v) is 10.8. The summed E-state index contributed by atoms with van der Waals surface area (Å²) in [7, 11) is 1.55. The topological polar surface area (TPSA) is 105 Å². The average molecular weight is 455 g/mol. The summed E-state index contributed by atoms with van der Waals surface area (Å²) in [5.41, 5.74) is 1.88. The highest BCUT2D eigenvalue weighted by atomic mass is 16.6. The van der Waals surface area contributed by atoms with Gasteiger partial charge in [-0.15, -0.1) is 0 Å². The van der Waals surface area contributed by atoms with Crippen LogP contribution in [0.4, 0.5) is 4.79 Å². The van der Waals surface area contributed by atoms with Gasteiger partial charge >= 0.3 is 12.1 Å². The molecule has 0 aliphatic carbocycles. The number of carbonyl (C=O) groups is 3. The van der Waals surface area contributed by atoms with Crippen molar-refractivity contribution in [2.75, 3.05) is 7.11 Å². The van der Waals surface area contributed by atoms with Gasteiger partial charge in [-0.1, -0.05) is 36.4 Å². The minimum absolute atomic E-state index is 0.0668. The van der Waals surface area contributed by atoms with Crippen molar-refractivity contribution in [3.05, 3.63) is 65.2 Å². The Labute approximate surface area is 193 Å². The number of fused-ring (bicyclic) bond motifs is 1. The Morgan fingerprint density at radius 1 is 1.12 bits per heavy atom. The Balaban J connectivity index is 1.73. The molecule has 0 saturated carbocycles. The number of methoxy groups -OCH3 is 1. The maximum atomic E-state index is 12.9. The molecule has 2 amide bonds. The van der Waals surface area contributed by atoms with E-state index in [0.29, 0.717) is 12.3 Å². The first kappa shape index (κ1) is 24.1. The number of nitrogens with one attached hydrogen (secondary N) is 1. The predicted octanol–water partition coefficient (Wildman–Crippen LogP) is 3.69. The highest BCUT2D eigenvalue weighted by Crippen LogP contribution is 2.37. The summed E-state index contributed by atoms with van der Waals surface area (Å²) < 4.78 is 10.7. The van der Waals surface area contributed by atoms with E-state index in [1.165, 1.54) is 4.90 Å². The summed E-state index contributed by atoms with van der Waals surface area (Å²) in [6, 6.07) is 12.9. The highest BCUT2D eigenvalue weighted by molar-refractivity contribution is 5.85. The molecule has 0 bridgehead atoms. The van der Waals surface area contributed by atoms with E-state index in [4.69, 9.17) is 9.47 Å². The van der Waals surface area contributed by atoms with Gasteiger partial charge in [0.15, 0.2) is 0 Å². The van der Waals surface area contributed by atoms with Crippen LogP contribution < -0.4 is 10.1 Å². The molecule has 2 aromatic rings. The van der Waals surface area contributed by atoms with E-state index < -0.39 is 35.7 Å². The molecule has 2 N–H and O–H groups in total. The molecule has 0 aromatic heterocycles. The van der Waals surface area contributed by atoms with Gasteiger partial charge in [0, 0.05) is 13.0 Å². The van der Waals surface area contributed by atoms with Gasteiger partial charge in [-0.2, -0.15) is 0 Å². The van der Waals surface area contributed by atoms with E-state index in [0.717, 1.165) is 16.7 Å². The fourth-order valence-corrected chi connectivity index (χ4v) is 3.82. The minimum atomic E-state index is -1.13. The predicted molar refractivity (Wildman–Crippen MR) is 122 cm³/mol. The number of rotatable bonds is 7. The van der Waals surface area contributed by atoms with Crippen LogP contribution in [0.25, 0.3) is 0 Å². The lowest BCUT2D eigenvalue weighted by atomic mass is 10.0. The second-order valence-corrected chi connectivity index (χ2v) is 9.04. The van der Waals surface area contributed by atoms with Crippen molar-refractivity contribution >= 4 is 18.0 Å². The number of carboxylic acid groups (broad SMARTS) is 1. The summed E-state index contributed by atoms with van der Waals surface area (Å²) in [6.07, 6.45) is -0.449. The molecule has 1 aliphatic heterocycles. The number of carbonyl (C=O) groups excluding carboxylic acids is 2.